The Morgan fingerprint density at radius 2 is 1.82 bits per heavy atom. The van der Waals surface area contributed by atoms with E-state index in [9.17, 15) is 14.4 Å². The van der Waals surface area contributed by atoms with Crippen LogP contribution in [0.15, 0.2) is 18.2 Å². The molecule has 0 aliphatic heterocycles. The number of carbonyl (C=O) groups is 3. The summed E-state index contributed by atoms with van der Waals surface area (Å²) in [6.07, 6.45) is 0.652. The molecular formula is C24H39N3O6. The van der Waals surface area contributed by atoms with Crippen molar-refractivity contribution in [3.63, 3.8) is 0 Å². The number of hydrogen-bond acceptors (Lipinski definition) is 7. The number of methoxy groups -OCH3 is 1. The largest absolute Gasteiger partial charge is 0.491 e. The predicted molar refractivity (Wildman–Crippen MR) is 126 cm³/mol. The van der Waals surface area contributed by atoms with Crippen molar-refractivity contribution >= 4 is 18.0 Å². The van der Waals surface area contributed by atoms with E-state index in [2.05, 4.69) is 24.5 Å². The lowest BCUT2D eigenvalue weighted by atomic mass is 9.93. The van der Waals surface area contributed by atoms with Gasteiger partial charge in [-0.15, -0.1) is 0 Å². The maximum atomic E-state index is 12.2. The van der Waals surface area contributed by atoms with Crippen LogP contribution in [-0.4, -0.2) is 55.9 Å². The van der Waals surface area contributed by atoms with E-state index in [1.807, 2.05) is 18.2 Å². The van der Waals surface area contributed by atoms with Gasteiger partial charge in [0.15, 0.2) is 0 Å². The van der Waals surface area contributed by atoms with Crippen molar-refractivity contribution in [2.24, 2.45) is 5.73 Å². The number of carbonyl (C=O) groups excluding carboxylic acids is 3. The van der Waals surface area contributed by atoms with Crippen molar-refractivity contribution in [2.45, 2.75) is 78.0 Å². The summed E-state index contributed by atoms with van der Waals surface area (Å²) in [6.45, 7) is 11.7. The monoisotopic (exact) mass is 465 g/mol. The molecule has 2 amide bonds. The van der Waals surface area contributed by atoms with Crippen molar-refractivity contribution in [1.82, 2.24) is 10.6 Å². The van der Waals surface area contributed by atoms with Crippen molar-refractivity contribution in [3.8, 4) is 5.75 Å². The highest BCUT2D eigenvalue weighted by atomic mass is 16.6. The fourth-order valence-corrected chi connectivity index (χ4v) is 2.96. The molecule has 3 atom stereocenters. The number of hydrogen-bond donors (Lipinski definition) is 3. The van der Waals surface area contributed by atoms with Crippen LogP contribution in [0.5, 0.6) is 5.75 Å². The summed E-state index contributed by atoms with van der Waals surface area (Å²) in [5, 5.41) is 5.31. The zero-order chi connectivity index (χ0) is 25.2. The van der Waals surface area contributed by atoms with Crippen LogP contribution in [0.25, 0.3) is 0 Å². The summed E-state index contributed by atoms with van der Waals surface area (Å²) >= 11 is 0. The van der Waals surface area contributed by atoms with Gasteiger partial charge in [-0.2, -0.15) is 0 Å². The number of alkyl carbamates (subject to hydrolysis) is 1. The molecule has 33 heavy (non-hydrogen) atoms. The van der Waals surface area contributed by atoms with Crippen LogP contribution in [-0.2, 0) is 25.5 Å². The van der Waals surface area contributed by atoms with E-state index in [1.54, 1.807) is 27.7 Å². The Labute approximate surface area is 196 Å². The molecule has 0 saturated heterocycles. The molecule has 0 bridgehead atoms. The summed E-state index contributed by atoms with van der Waals surface area (Å²) in [7, 11) is 1.28. The molecular weight excluding hydrogens is 426 g/mol. The minimum Gasteiger partial charge on any atom is -0.491 e. The zero-order valence-electron chi connectivity index (χ0n) is 20.8. The van der Waals surface area contributed by atoms with Gasteiger partial charge in [0.05, 0.1) is 19.7 Å². The van der Waals surface area contributed by atoms with Crippen LogP contribution >= 0.6 is 0 Å². The number of ether oxygens (including phenoxy) is 3. The predicted octanol–water partition coefficient (Wildman–Crippen LogP) is 2.65. The van der Waals surface area contributed by atoms with Crippen molar-refractivity contribution in [2.75, 3.05) is 20.3 Å². The minimum absolute atomic E-state index is 0.203. The lowest BCUT2D eigenvalue weighted by Gasteiger charge is -2.21. The van der Waals surface area contributed by atoms with Crippen LogP contribution in [0, 0.1) is 0 Å². The maximum absolute atomic E-state index is 12.2. The number of amides is 2. The molecule has 4 N–H and O–H groups in total. The molecule has 0 aromatic heterocycles. The van der Waals surface area contributed by atoms with Gasteiger partial charge in [-0.05, 0) is 57.2 Å². The Hall–Kier alpha value is -2.81. The third kappa shape index (κ3) is 10.1. The highest BCUT2D eigenvalue weighted by molar-refractivity contribution is 5.87. The van der Waals surface area contributed by atoms with Gasteiger partial charge in [-0.1, -0.05) is 26.0 Å². The lowest BCUT2D eigenvalue weighted by Crippen LogP contribution is -2.48. The third-order valence-corrected chi connectivity index (χ3v) is 4.90. The quantitative estimate of drug-likeness (QED) is 0.338. The minimum atomic E-state index is -0.844. The SMILES string of the molecule is CCC(C)c1cc(C[C@H](NC(=O)[C@H](C)N)C(=O)OC)ccc1OCCNC(=O)OC(C)(C)C. The second-order valence-corrected chi connectivity index (χ2v) is 9.04. The summed E-state index contributed by atoms with van der Waals surface area (Å²) < 4.78 is 16.0. The topological polar surface area (TPSA) is 129 Å². The molecule has 1 rings (SSSR count). The molecule has 1 unspecified atom stereocenters. The van der Waals surface area contributed by atoms with E-state index in [0.29, 0.717) is 12.3 Å². The van der Waals surface area contributed by atoms with E-state index in [4.69, 9.17) is 19.9 Å². The van der Waals surface area contributed by atoms with E-state index in [1.165, 1.54) is 7.11 Å². The zero-order valence-corrected chi connectivity index (χ0v) is 20.8. The van der Waals surface area contributed by atoms with Gasteiger partial charge < -0.3 is 30.6 Å². The number of rotatable bonds is 11. The molecule has 9 nitrogen and oxygen atoms in total. The Morgan fingerprint density at radius 3 is 2.36 bits per heavy atom. The second-order valence-electron chi connectivity index (χ2n) is 9.04. The van der Waals surface area contributed by atoms with Gasteiger partial charge in [-0.25, -0.2) is 9.59 Å². The molecule has 0 radical (unpaired) electrons. The van der Waals surface area contributed by atoms with Gasteiger partial charge >= 0.3 is 12.1 Å². The van der Waals surface area contributed by atoms with Crippen LogP contribution in [0.2, 0.25) is 0 Å². The number of esters is 1. The standard InChI is InChI=1S/C24H39N3O6/c1-8-15(2)18-13-17(14-19(22(29)31-7)27-21(28)16(3)25)9-10-20(18)32-12-11-26-23(30)33-24(4,5)6/h9-10,13,15-16,19H,8,11-12,14,25H2,1-7H3,(H,26,30)(H,27,28)/t15?,16-,19-/m0/s1. The lowest BCUT2D eigenvalue weighted by molar-refractivity contribution is -0.145. The fourth-order valence-electron chi connectivity index (χ4n) is 2.96. The molecule has 1 aromatic carbocycles. The van der Waals surface area contributed by atoms with E-state index in [0.717, 1.165) is 17.5 Å². The summed E-state index contributed by atoms with van der Waals surface area (Å²) in [5.74, 6) is -0.0602. The maximum Gasteiger partial charge on any atom is 0.407 e. The summed E-state index contributed by atoms with van der Waals surface area (Å²) in [5.41, 5.74) is 6.88. The Balaban J connectivity index is 2.90. The number of benzene rings is 1. The van der Waals surface area contributed by atoms with Gasteiger partial charge in [0, 0.05) is 6.42 Å². The molecule has 186 valence electrons. The Morgan fingerprint density at radius 1 is 1.15 bits per heavy atom. The molecule has 0 heterocycles. The van der Waals surface area contributed by atoms with Gasteiger partial charge in [0.2, 0.25) is 5.91 Å². The van der Waals surface area contributed by atoms with Crippen LogP contribution in [0.1, 0.15) is 65.0 Å². The molecule has 0 aliphatic rings. The molecule has 1 aromatic rings. The normalized spacial score (nSPS) is 13.9. The highest BCUT2D eigenvalue weighted by Gasteiger charge is 2.24. The summed E-state index contributed by atoms with van der Waals surface area (Å²) in [6, 6.07) is 4.07. The number of nitrogens with one attached hydrogen (secondary N) is 2. The fraction of sp³-hybridized carbons (Fsp3) is 0.625. The first-order chi connectivity index (χ1) is 15.4. The molecule has 0 spiro atoms. The van der Waals surface area contributed by atoms with E-state index >= 15 is 0 Å². The first kappa shape index (κ1) is 28.2. The van der Waals surface area contributed by atoms with Gasteiger partial charge in [0.25, 0.3) is 0 Å². The van der Waals surface area contributed by atoms with Crippen LogP contribution in [0.3, 0.4) is 0 Å². The van der Waals surface area contributed by atoms with Gasteiger partial charge in [-0.3, -0.25) is 4.79 Å². The van der Waals surface area contributed by atoms with E-state index in [-0.39, 0.29) is 18.9 Å². The van der Waals surface area contributed by atoms with Crippen LogP contribution < -0.4 is 21.1 Å². The summed E-state index contributed by atoms with van der Waals surface area (Å²) in [4.78, 5) is 36.0. The highest BCUT2D eigenvalue weighted by Crippen LogP contribution is 2.30. The first-order valence-corrected chi connectivity index (χ1v) is 11.2. The van der Waals surface area contributed by atoms with Crippen LogP contribution in [0.4, 0.5) is 4.79 Å². The van der Waals surface area contributed by atoms with Crippen molar-refractivity contribution in [3.05, 3.63) is 29.3 Å². The Kier molecular flexibility index (Phi) is 11.1. The first-order valence-electron chi connectivity index (χ1n) is 11.2. The van der Waals surface area contributed by atoms with Crippen molar-refractivity contribution < 1.29 is 28.6 Å². The van der Waals surface area contributed by atoms with E-state index < -0.39 is 35.7 Å². The average molecular weight is 466 g/mol. The van der Waals surface area contributed by atoms with Gasteiger partial charge in [0.1, 0.15) is 24.0 Å². The third-order valence-electron chi connectivity index (χ3n) is 4.90. The van der Waals surface area contributed by atoms with Crippen molar-refractivity contribution in [1.29, 1.82) is 0 Å². The molecule has 9 heteroatoms. The Bertz CT molecular complexity index is 804. The smallest absolute Gasteiger partial charge is 0.407 e. The second kappa shape index (κ2) is 13.0. The molecule has 0 saturated carbocycles. The number of nitrogens with two attached hydrogens (primary N) is 1. The molecule has 0 fully saturated rings. The molecule has 0 aliphatic carbocycles. The average Bonchev–Trinajstić information content (AvgIpc) is 2.74.